The van der Waals surface area contributed by atoms with Crippen molar-refractivity contribution >= 4 is 21.9 Å². The number of aromatic nitrogens is 2. The van der Waals surface area contributed by atoms with Crippen LogP contribution in [0, 0.1) is 5.82 Å². The zero-order valence-corrected chi connectivity index (χ0v) is 13.4. The molecule has 2 aromatic heterocycles. The number of halogens is 1. The first-order valence-electron chi connectivity index (χ1n) is 7.75. The lowest BCUT2D eigenvalue weighted by Crippen LogP contribution is -2.14. The first-order chi connectivity index (χ1) is 12.2. The van der Waals surface area contributed by atoms with E-state index in [0.29, 0.717) is 16.6 Å². The van der Waals surface area contributed by atoms with Gasteiger partial charge in [0.1, 0.15) is 0 Å². The Morgan fingerprint density at radius 1 is 1.08 bits per heavy atom. The van der Waals surface area contributed by atoms with Crippen molar-refractivity contribution in [2.45, 2.75) is 6.61 Å². The molecule has 0 saturated carbocycles. The van der Waals surface area contributed by atoms with Crippen molar-refractivity contribution in [3.05, 3.63) is 64.2 Å². The average Bonchev–Trinajstić information content (AvgIpc) is 2.99. The second-order valence-corrected chi connectivity index (χ2v) is 5.71. The maximum Gasteiger partial charge on any atom is 0.254 e. The highest BCUT2D eigenvalue weighted by molar-refractivity contribution is 6.10. The van der Waals surface area contributed by atoms with Gasteiger partial charge in [0.15, 0.2) is 11.6 Å². The number of pyridine rings is 1. The van der Waals surface area contributed by atoms with Gasteiger partial charge in [-0.05, 0) is 12.1 Å². The van der Waals surface area contributed by atoms with E-state index in [1.165, 1.54) is 13.2 Å². The van der Waals surface area contributed by atoms with E-state index in [0.717, 1.165) is 10.9 Å². The standard InChI is InChI=1S/C19H15FN2O3/c1-25-14-8-4-6-11(16(14)20)15-12(9-23)19(24)22-17-10-5-2-3-7-13(10)21-18(15)17/h2-8,21,23H,9H2,1H3,(H,22,24). The summed E-state index contributed by atoms with van der Waals surface area (Å²) in [5, 5.41) is 10.5. The highest BCUT2D eigenvalue weighted by atomic mass is 19.1. The van der Waals surface area contributed by atoms with E-state index in [2.05, 4.69) is 9.97 Å². The molecule has 0 unspecified atom stereocenters. The molecule has 0 atom stereocenters. The lowest BCUT2D eigenvalue weighted by molar-refractivity contribution is 0.281. The highest BCUT2D eigenvalue weighted by Crippen LogP contribution is 2.36. The van der Waals surface area contributed by atoms with Crippen LogP contribution in [0.2, 0.25) is 0 Å². The quantitative estimate of drug-likeness (QED) is 0.536. The Balaban J connectivity index is 2.20. The fourth-order valence-corrected chi connectivity index (χ4v) is 3.22. The predicted octanol–water partition coefficient (Wildman–Crippen LogP) is 3.32. The van der Waals surface area contributed by atoms with Crippen molar-refractivity contribution in [1.82, 2.24) is 9.97 Å². The van der Waals surface area contributed by atoms with Gasteiger partial charge in [-0.2, -0.15) is 0 Å². The Hall–Kier alpha value is -3.12. The molecule has 6 heteroatoms. The first-order valence-corrected chi connectivity index (χ1v) is 7.75. The summed E-state index contributed by atoms with van der Waals surface area (Å²) in [6, 6.07) is 12.2. The number of benzene rings is 2. The van der Waals surface area contributed by atoms with E-state index in [9.17, 15) is 14.3 Å². The number of aliphatic hydroxyl groups is 1. The minimum Gasteiger partial charge on any atom is -0.494 e. The molecule has 0 fully saturated rings. The van der Waals surface area contributed by atoms with Gasteiger partial charge in [-0.25, -0.2) is 4.39 Å². The summed E-state index contributed by atoms with van der Waals surface area (Å²) in [6.45, 7) is -0.507. The Bertz CT molecular complexity index is 1160. The molecule has 0 saturated heterocycles. The molecule has 0 aliphatic heterocycles. The van der Waals surface area contributed by atoms with Crippen molar-refractivity contribution in [1.29, 1.82) is 0 Å². The molecule has 0 amide bonds. The van der Waals surface area contributed by atoms with Gasteiger partial charge in [0, 0.05) is 22.0 Å². The van der Waals surface area contributed by atoms with Crippen LogP contribution in [-0.4, -0.2) is 22.2 Å². The summed E-state index contributed by atoms with van der Waals surface area (Å²) < 4.78 is 19.9. The molecule has 0 radical (unpaired) electrons. The third-order valence-electron chi connectivity index (χ3n) is 4.38. The molecule has 4 aromatic rings. The summed E-state index contributed by atoms with van der Waals surface area (Å²) in [6.07, 6.45) is 0. The van der Waals surface area contributed by atoms with Crippen LogP contribution < -0.4 is 10.3 Å². The number of nitrogens with one attached hydrogen (secondary N) is 2. The van der Waals surface area contributed by atoms with Crippen LogP contribution in [0.15, 0.2) is 47.3 Å². The zero-order chi connectivity index (χ0) is 17.6. The summed E-state index contributed by atoms with van der Waals surface area (Å²) in [4.78, 5) is 18.5. The molecule has 4 rings (SSSR count). The number of para-hydroxylation sites is 1. The normalized spacial score (nSPS) is 11.3. The van der Waals surface area contributed by atoms with Gasteiger partial charge >= 0.3 is 0 Å². The zero-order valence-electron chi connectivity index (χ0n) is 13.4. The van der Waals surface area contributed by atoms with Gasteiger partial charge in [0.2, 0.25) is 0 Å². The van der Waals surface area contributed by atoms with Gasteiger partial charge < -0.3 is 19.8 Å². The number of methoxy groups -OCH3 is 1. The lowest BCUT2D eigenvalue weighted by atomic mass is 9.99. The fourth-order valence-electron chi connectivity index (χ4n) is 3.22. The number of aliphatic hydroxyl groups excluding tert-OH is 1. The van der Waals surface area contributed by atoms with Crippen LogP contribution in [0.3, 0.4) is 0 Å². The van der Waals surface area contributed by atoms with Crippen molar-refractivity contribution in [3.8, 4) is 16.9 Å². The molecule has 126 valence electrons. The van der Waals surface area contributed by atoms with Gasteiger partial charge in [0.05, 0.1) is 30.3 Å². The molecule has 5 nitrogen and oxygen atoms in total. The van der Waals surface area contributed by atoms with Gasteiger partial charge in [-0.1, -0.05) is 30.3 Å². The average molecular weight is 338 g/mol. The van der Waals surface area contributed by atoms with E-state index in [1.54, 1.807) is 12.1 Å². The SMILES string of the molecule is COc1cccc(-c2c(CO)c(=O)[nH]c3c2[nH]c2ccccc23)c1F. The molecule has 2 aromatic carbocycles. The van der Waals surface area contributed by atoms with E-state index in [1.807, 2.05) is 24.3 Å². The highest BCUT2D eigenvalue weighted by Gasteiger charge is 2.21. The van der Waals surface area contributed by atoms with Crippen LogP contribution in [0.1, 0.15) is 5.56 Å². The van der Waals surface area contributed by atoms with Gasteiger partial charge in [0.25, 0.3) is 5.56 Å². The minimum absolute atomic E-state index is 0.0749. The topological polar surface area (TPSA) is 78.1 Å². The Morgan fingerprint density at radius 3 is 2.64 bits per heavy atom. The number of H-pyrrole nitrogens is 2. The van der Waals surface area contributed by atoms with Gasteiger partial charge in [-0.15, -0.1) is 0 Å². The predicted molar refractivity (Wildman–Crippen MR) is 94.3 cm³/mol. The van der Waals surface area contributed by atoms with E-state index in [-0.39, 0.29) is 16.9 Å². The Morgan fingerprint density at radius 2 is 1.88 bits per heavy atom. The van der Waals surface area contributed by atoms with Crippen LogP contribution in [0.4, 0.5) is 4.39 Å². The summed E-state index contributed by atoms with van der Waals surface area (Å²) >= 11 is 0. The van der Waals surface area contributed by atoms with Crippen LogP contribution in [0.5, 0.6) is 5.75 Å². The van der Waals surface area contributed by atoms with E-state index in [4.69, 9.17) is 4.74 Å². The first kappa shape index (κ1) is 15.4. The molecular formula is C19H15FN2O3. The molecule has 0 aliphatic rings. The molecule has 0 spiro atoms. The van der Waals surface area contributed by atoms with Crippen LogP contribution in [-0.2, 0) is 6.61 Å². The van der Waals surface area contributed by atoms with Crippen LogP contribution in [0.25, 0.3) is 33.1 Å². The monoisotopic (exact) mass is 338 g/mol. The molecule has 3 N–H and O–H groups in total. The second kappa shape index (κ2) is 5.75. The number of hydrogen-bond donors (Lipinski definition) is 3. The van der Waals surface area contributed by atoms with E-state index < -0.39 is 18.0 Å². The lowest BCUT2D eigenvalue weighted by Gasteiger charge is -2.12. The summed E-state index contributed by atoms with van der Waals surface area (Å²) in [7, 11) is 1.38. The number of hydrogen-bond acceptors (Lipinski definition) is 3. The number of aromatic amines is 2. The number of rotatable bonds is 3. The summed E-state index contributed by atoms with van der Waals surface area (Å²) in [5.41, 5.74) is 2.16. The van der Waals surface area contributed by atoms with E-state index >= 15 is 0 Å². The molecule has 0 bridgehead atoms. The Labute approximate surface area is 141 Å². The van der Waals surface area contributed by atoms with Crippen molar-refractivity contribution in [3.63, 3.8) is 0 Å². The minimum atomic E-state index is -0.578. The largest absolute Gasteiger partial charge is 0.494 e. The molecular weight excluding hydrogens is 323 g/mol. The second-order valence-electron chi connectivity index (χ2n) is 5.71. The Kier molecular flexibility index (Phi) is 3.54. The maximum absolute atomic E-state index is 14.9. The van der Waals surface area contributed by atoms with Gasteiger partial charge in [-0.3, -0.25) is 4.79 Å². The molecule has 2 heterocycles. The van der Waals surface area contributed by atoms with Crippen molar-refractivity contribution in [2.24, 2.45) is 0 Å². The number of fused-ring (bicyclic) bond motifs is 3. The van der Waals surface area contributed by atoms with Crippen LogP contribution >= 0.6 is 0 Å². The molecule has 0 aliphatic carbocycles. The number of ether oxygens (including phenoxy) is 1. The molecule has 25 heavy (non-hydrogen) atoms. The van der Waals surface area contributed by atoms with Crippen molar-refractivity contribution < 1.29 is 14.2 Å². The third-order valence-corrected chi connectivity index (χ3v) is 4.38. The summed E-state index contributed by atoms with van der Waals surface area (Å²) in [5.74, 6) is -0.504. The third kappa shape index (κ3) is 2.22. The van der Waals surface area contributed by atoms with Crippen molar-refractivity contribution in [2.75, 3.05) is 7.11 Å². The maximum atomic E-state index is 14.9. The fraction of sp³-hybridized carbons (Fsp3) is 0.105. The smallest absolute Gasteiger partial charge is 0.254 e.